The molecule has 0 rings (SSSR count). The lowest BCUT2D eigenvalue weighted by Gasteiger charge is -2.24. The van der Waals surface area contributed by atoms with E-state index in [0.717, 1.165) is 0 Å². The maximum absolute atomic E-state index is 11.5. The molecule has 2 N–H and O–H groups in total. The summed E-state index contributed by atoms with van der Waals surface area (Å²) in [5.74, 6) is -0.619. The molecule has 0 aliphatic heterocycles. The van der Waals surface area contributed by atoms with Crippen molar-refractivity contribution in [2.45, 2.75) is 33.2 Å². The summed E-state index contributed by atoms with van der Waals surface area (Å²) in [6.07, 6.45) is 0.404. The number of nitrogens with zero attached hydrogens (tertiary/aromatic N) is 1. The molecule has 0 fully saturated rings. The van der Waals surface area contributed by atoms with E-state index in [2.05, 4.69) is 5.32 Å². The number of likely N-dealkylation sites (N-methyl/N-ethyl adjacent to an activating group) is 1. The van der Waals surface area contributed by atoms with Crippen LogP contribution in [-0.4, -0.2) is 41.6 Å². The number of rotatable bonds is 5. The number of carboxylic acid groups (broad SMARTS) is 1. The molecule has 0 aliphatic carbocycles. The van der Waals surface area contributed by atoms with E-state index in [1.165, 1.54) is 11.9 Å². The number of hydrogen-bond acceptors (Lipinski definition) is 2. The van der Waals surface area contributed by atoms with Gasteiger partial charge in [0.1, 0.15) is 6.04 Å². The van der Waals surface area contributed by atoms with Gasteiger partial charge in [-0.1, -0.05) is 20.8 Å². The second-order valence-corrected chi connectivity index (χ2v) is 3.95. The van der Waals surface area contributed by atoms with Crippen molar-refractivity contribution in [3.8, 4) is 0 Å². The van der Waals surface area contributed by atoms with E-state index in [-0.39, 0.29) is 6.03 Å². The number of aliphatic carboxylic acids is 1. The summed E-state index contributed by atoms with van der Waals surface area (Å²) < 4.78 is 0. The van der Waals surface area contributed by atoms with Crippen LogP contribution < -0.4 is 5.32 Å². The minimum atomic E-state index is -0.973. The van der Waals surface area contributed by atoms with E-state index in [4.69, 9.17) is 5.11 Å². The number of carbonyl (C=O) groups is 2. The molecule has 88 valence electrons. The standard InChI is InChI=1S/C10H20N2O3/c1-5-8(9(13)14)12(4)10(15)11-6-7(2)3/h7-8H,5-6H2,1-4H3,(H,11,15)(H,13,14). The molecular formula is C10H20N2O3. The first-order chi connectivity index (χ1) is 6.90. The lowest BCUT2D eigenvalue weighted by atomic mass is 10.2. The van der Waals surface area contributed by atoms with Crippen molar-refractivity contribution in [1.29, 1.82) is 0 Å². The Kier molecular flexibility index (Phi) is 5.74. The highest BCUT2D eigenvalue weighted by molar-refractivity contribution is 5.82. The van der Waals surface area contributed by atoms with Gasteiger partial charge in [-0.05, 0) is 12.3 Å². The lowest BCUT2D eigenvalue weighted by Crippen LogP contribution is -2.47. The second kappa shape index (κ2) is 6.27. The Morgan fingerprint density at radius 2 is 1.93 bits per heavy atom. The van der Waals surface area contributed by atoms with Gasteiger partial charge in [0.2, 0.25) is 0 Å². The van der Waals surface area contributed by atoms with E-state index in [1.54, 1.807) is 6.92 Å². The maximum Gasteiger partial charge on any atom is 0.326 e. The van der Waals surface area contributed by atoms with Gasteiger partial charge in [-0.2, -0.15) is 0 Å². The number of carboxylic acids is 1. The van der Waals surface area contributed by atoms with Gasteiger partial charge in [-0.3, -0.25) is 0 Å². The van der Waals surface area contributed by atoms with Crippen LogP contribution >= 0.6 is 0 Å². The van der Waals surface area contributed by atoms with Gasteiger partial charge in [0.15, 0.2) is 0 Å². The highest BCUT2D eigenvalue weighted by Crippen LogP contribution is 2.02. The molecule has 0 aromatic rings. The summed E-state index contributed by atoms with van der Waals surface area (Å²) in [7, 11) is 1.50. The van der Waals surface area contributed by atoms with Crippen LogP contribution in [0, 0.1) is 5.92 Å². The topological polar surface area (TPSA) is 69.6 Å². The van der Waals surface area contributed by atoms with E-state index in [1.807, 2.05) is 13.8 Å². The summed E-state index contributed by atoms with van der Waals surface area (Å²) >= 11 is 0. The van der Waals surface area contributed by atoms with E-state index in [0.29, 0.717) is 18.9 Å². The molecule has 1 unspecified atom stereocenters. The Labute approximate surface area is 90.5 Å². The highest BCUT2D eigenvalue weighted by Gasteiger charge is 2.24. The van der Waals surface area contributed by atoms with Crippen LogP contribution in [0.2, 0.25) is 0 Å². The average molecular weight is 216 g/mol. The first-order valence-electron chi connectivity index (χ1n) is 5.13. The minimum Gasteiger partial charge on any atom is -0.480 e. The van der Waals surface area contributed by atoms with Crippen molar-refractivity contribution < 1.29 is 14.7 Å². The Morgan fingerprint density at radius 1 is 1.40 bits per heavy atom. The van der Waals surface area contributed by atoms with Crippen LogP contribution in [0.5, 0.6) is 0 Å². The van der Waals surface area contributed by atoms with Crippen molar-refractivity contribution in [3.05, 3.63) is 0 Å². The van der Waals surface area contributed by atoms with E-state index in [9.17, 15) is 9.59 Å². The molecule has 5 heteroatoms. The summed E-state index contributed by atoms with van der Waals surface area (Å²) in [4.78, 5) is 23.5. The van der Waals surface area contributed by atoms with E-state index >= 15 is 0 Å². The second-order valence-electron chi connectivity index (χ2n) is 3.95. The maximum atomic E-state index is 11.5. The van der Waals surface area contributed by atoms with Crippen LogP contribution in [0.1, 0.15) is 27.2 Å². The third-order valence-electron chi connectivity index (χ3n) is 2.12. The van der Waals surface area contributed by atoms with Gasteiger partial charge in [0.25, 0.3) is 0 Å². The van der Waals surface area contributed by atoms with Gasteiger partial charge in [-0.15, -0.1) is 0 Å². The fourth-order valence-corrected chi connectivity index (χ4v) is 1.17. The quantitative estimate of drug-likeness (QED) is 0.724. The first kappa shape index (κ1) is 13.7. The SMILES string of the molecule is CCC(C(=O)O)N(C)C(=O)NCC(C)C. The summed E-state index contributed by atoms with van der Waals surface area (Å²) in [5, 5.41) is 11.5. The van der Waals surface area contributed by atoms with Crippen molar-refractivity contribution >= 4 is 12.0 Å². The van der Waals surface area contributed by atoms with Crippen LogP contribution in [0.15, 0.2) is 0 Å². The number of carbonyl (C=O) groups excluding carboxylic acids is 1. The molecule has 0 spiro atoms. The normalized spacial score (nSPS) is 12.3. The smallest absolute Gasteiger partial charge is 0.326 e. The number of nitrogens with one attached hydrogen (secondary N) is 1. The third kappa shape index (κ3) is 4.67. The van der Waals surface area contributed by atoms with Crippen molar-refractivity contribution in [2.24, 2.45) is 5.92 Å². The van der Waals surface area contributed by atoms with Gasteiger partial charge < -0.3 is 15.3 Å². The fourth-order valence-electron chi connectivity index (χ4n) is 1.17. The monoisotopic (exact) mass is 216 g/mol. The van der Waals surface area contributed by atoms with E-state index < -0.39 is 12.0 Å². The zero-order valence-electron chi connectivity index (χ0n) is 9.78. The van der Waals surface area contributed by atoms with Gasteiger partial charge in [0, 0.05) is 13.6 Å². The van der Waals surface area contributed by atoms with Crippen LogP contribution in [0.3, 0.4) is 0 Å². The summed E-state index contributed by atoms with van der Waals surface area (Å²) in [6.45, 7) is 6.26. The van der Waals surface area contributed by atoms with Gasteiger partial charge in [-0.25, -0.2) is 9.59 Å². The molecule has 0 aromatic carbocycles. The van der Waals surface area contributed by atoms with Crippen LogP contribution in [0.4, 0.5) is 4.79 Å². The van der Waals surface area contributed by atoms with Gasteiger partial charge >= 0.3 is 12.0 Å². The number of amides is 2. The molecule has 0 saturated carbocycles. The zero-order valence-corrected chi connectivity index (χ0v) is 9.78. The summed E-state index contributed by atoms with van der Waals surface area (Å²) in [6, 6.07) is -1.09. The third-order valence-corrected chi connectivity index (χ3v) is 2.12. The van der Waals surface area contributed by atoms with Crippen molar-refractivity contribution in [1.82, 2.24) is 10.2 Å². The van der Waals surface area contributed by atoms with Gasteiger partial charge in [0.05, 0.1) is 0 Å². The Bertz CT molecular complexity index is 229. The predicted octanol–water partition coefficient (Wildman–Crippen LogP) is 1.15. The fraction of sp³-hybridized carbons (Fsp3) is 0.800. The molecule has 0 aliphatic rings. The lowest BCUT2D eigenvalue weighted by molar-refractivity contribution is -0.141. The molecule has 0 radical (unpaired) electrons. The first-order valence-corrected chi connectivity index (χ1v) is 5.13. The number of urea groups is 1. The Morgan fingerprint density at radius 3 is 2.27 bits per heavy atom. The summed E-state index contributed by atoms with van der Waals surface area (Å²) in [5.41, 5.74) is 0. The molecular weight excluding hydrogens is 196 g/mol. The molecule has 0 heterocycles. The molecule has 2 amide bonds. The predicted molar refractivity (Wildman–Crippen MR) is 57.7 cm³/mol. The molecule has 0 aromatic heterocycles. The molecule has 5 nitrogen and oxygen atoms in total. The largest absolute Gasteiger partial charge is 0.480 e. The molecule has 0 bridgehead atoms. The molecule has 1 atom stereocenters. The van der Waals surface area contributed by atoms with Crippen LogP contribution in [0.25, 0.3) is 0 Å². The van der Waals surface area contributed by atoms with Crippen molar-refractivity contribution in [2.75, 3.05) is 13.6 Å². The zero-order chi connectivity index (χ0) is 12.0. The number of hydrogen-bond donors (Lipinski definition) is 2. The Hall–Kier alpha value is -1.26. The van der Waals surface area contributed by atoms with Crippen LogP contribution in [-0.2, 0) is 4.79 Å². The highest BCUT2D eigenvalue weighted by atomic mass is 16.4. The average Bonchev–Trinajstić information content (AvgIpc) is 2.14. The molecule has 15 heavy (non-hydrogen) atoms. The molecule has 0 saturated heterocycles. The minimum absolute atomic E-state index is 0.335. The Balaban J connectivity index is 4.22. The van der Waals surface area contributed by atoms with Crippen molar-refractivity contribution in [3.63, 3.8) is 0 Å².